The summed E-state index contributed by atoms with van der Waals surface area (Å²) >= 11 is 3.19. The minimum atomic E-state index is -3.00. The molecule has 0 saturated carbocycles. The van der Waals surface area contributed by atoms with Gasteiger partial charge in [0.1, 0.15) is 5.69 Å². The summed E-state index contributed by atoms with van der Waals surface area (Å²) in [7, 11) is 1.72. The molecule has 0 spiro atoms. The van der Waals surface area contributed by atoms with Crippen LogP contribution in [-0.2, 0) is 0 Å². The summed E-state index contributed by atoms with van der Waals surface area (Å²) < 4.78 is 27.8. The maximum Gasteiger partial charge on any atom is 0.294 e. The lowest BCUT2D eigenvalue weighted by Gasteiger charge is -2.34. The molecule has 2 fully saturated rings. The van der Waals surface area contributed by atoms with E-state index in [1.54, 1.807) is 24.2 Å². The van der Waals surface area contributed by atoms with Crippen LogP contribution in [-0.4, -0.2) is 76.7 Å². The van der Waals surface area contributed by atoms with Crippen LogP contribution in [0.25, 0.3) is 0 Å². The molecular formula is C23H25BrF2N6O4. The molecule has 36 heavy (non-hydrogen) atoms. The molecule has 192 valence electrons. The zero-order valence-corrected chi connectivity index (χ0v) is 21.1. The first-order valence-corrected chi connectivity index (χ1v) is 12.2. The van der Waals surface area contributed by atoms with Crippen molar-refractivity contribution in [1.29, 1.82) is 0 Å². The number of carbonyl (C=O) groups excluding carboxylic acids is 2. The molecule has 0 bridgehead atoms. The van der Waals surface area contributed by atoms with Crippen molar-refractivity contribution in [1.82, 2.24) is 14.8 Å². The van der Waals surface area contributed by atoms with Gasteiger partial charge < -0.3 is 20.4 Å². The summed E-state index contributed by atoms with van der Waals surface area (Å²) in [4.78, 5) is 44.2. The highest BCUT2D eigenvalue weighted by Gasteiger charge is 2.41. The second-order valence-corrected chi connectivity index (χ2v) is 9.80. The van der Waals surface area contributed by atoms with Gasteiger partial charge in [0.2, 0.25) is 0 Å². The fourth-order valence-corrected chi connectivity index (χ4v) is 4.94. The van der Waals surface area contributed by atoms with Crippen molar-refractivity contribution in [2.45, 2.75) is 31.2 Å². The molecule has 2 aliphatic heterocycles. The quantitative estimate of drug-likeness (QED) is 0.400. The van der Waals surface area contributed by atoms with Crippen molar-refractivity contribution < 1.29 is 23.3 Å². The molecule has 2 aromatic rings. The van der Waals surface area contributed by atoms with Gasteiger partial charge in [0, 0.05) is 62.1 Å². The Labute approximate surface area is 214 Å². The van der Waals surface area contributed by atoms with Gasteiger partial charge in [0.25, 0.3) is 23.4 Å². The maximum atomic E-state index is 13.8. The number of anilines is 2. The van der Waals surface area contributed by atoms with Gasteiger partial charge in [-0.25, -0.2) is 8.78 Å². The molecule has 0 aliphatic carbocycles. The van der Waals surface area contributed by atoms with Crippen LogP contribution < -0.4 is 10.6 Å². The van der Waals surface area contributed by atoms with Crippen molar-refractivity contribution in [2.24, 2.45) is 0 Å². The van der Waals surface area contributed by atoms with Crippen molar-refractivity contribution in [3.05, 3.63) is 56.3 Å². The van der Waals surface area contributed by atoms with Crippen molar-refractivity contribution in [3.8, 4) is 0 Å². The van der Waals surface area contributed by atoms with E-state index >= 15 is 0 Å². The zero-order chi connectivity index (χ0) is 26.0. The zero-order valence-electron chi connectivity index (χ0n) is 19.5. The fourth-order valence-electron chi connectivity index (χ4n) is 4.50. The van der Waals surface area contributed by atoms with Gasteiger partial charge in [-0.15, -0.1) is 0 Å². The Morgan fingerprint density at radius 2 is 1.97 bits per heavy atom. The largest absolute Gasteiger partial charge is 0.387 e. The number of hydrogen-bond donors (Lipinski definition) is 2. The second kappa shape index (κ2) is 10.3. The van der Waals surface area contributed by atoms with Gasteiger partial charge >= 0.3 is 0 Å². The molecule has 1 atom stereocenters. The van der Waals surface area contributed by atoms with Gasteiger partial charge in [0.05, 0.1) is 28.3 Å². The molecule has 13 heteroatoms. The molecule has 2 aliphatic rings. The van der Waals surface area contributed by atoms with Crippen LogP contribution in [0, 0.1) is 10.1 Å². The predicted octanol–water partition coefficient (Wildman–Crippen LogP) is 3.99. The lowest BCUT2D eigenvalue weighted by atomic mass is 10.0. The van der Waals surface area contributed by atoms with Crippen LogP contribution in [0.3, 0.4) is 0 Å². The Hall–Kier alpha value is -3.35. The number of nitrogens with one attached hydrogen (secondary N) is 2. The Morgan fingerprint density at radius 3 is 2.64 bits per heavy atom. The molecule has 10 nitrogen and oxygen atoms in total. The number of piperidine rings is 1. The highest BCUT2D eigenvalue weighted by molar-refractivity contribution is 9.10. The molecule has 2 N–H and O–H groups in total. The SMILES string of the molecule is CNc1cncc(C(=O)N2CCC[C@@H](Nc3c(C(=O)N4CCC(F)(F)C4)cc(Br)cc3[N+](=O)[O-])C2)c1. The molecule has 0 radical (unpaired) electrons. The van der Waals surface area contributed by atoms with E-state index in [1.165, 1.54) is 18.3 Å². The average Bonchev–Trinajstić information content (AvgIpc) is 3.23. The second-order valence-electron chi connectivity index (χ2n) is 8.88. The number of aromatic nitrogens is 1. The smallest absolute Gasteiger partial charge is 0.294 e. The molecule has 1 aromatic carbocycles. The summed E-state index contributed by atoms with van der Waals surface area (Å²) in [5.41, 5.74) is 0.634. The third-order valence-corrected chi connectivity index (χ3v) is 6.76. The number of hydrogen-bond acceptors (Lipinski definition) is 7. The molecule has 4 rings (SSSR count). The van der Waals surface area contributed by atoms with Gasteiger partial charge in [0.15, 0.2) is 0 Å². The molecule has 2 amide bonds. The van der Waals surface area contributed by atoms with E-state index in [0.29, 0.717) is 30.6 Å². The number of nitro groups is 1. The maximum absolute atomic E-state index is 13.8. The third-order valence-electron chi connectivity index (χ3n) is 6.30. The van der Waals surface area contributed by atoms with E-state index in [1.807, 2.05) is 0 Å². The van der Waals surface area contributed by atoms with Crippen LogP contribution in [0.15, 0.2) is 35.1 Å². The summed E-state index contributed by atoms with van der Waals surface area (Å²) in [5.74, 6) is -3.94. The fraction of sp³-hybridized carbons (Fsp3) is 0.435. The van der Waals surface area contributed by atoms with Gasteiger partial charge in [-0.3, -0.25) is 24.7 Å². The van der Waals surface area contributed by atoms with E-state index in [-0.39, 0.29) is 40.4 Å². The summed E-state index contributed by atoms with van der Waals surface area (Å²) in [6.07, 6.45) is 3.85. The Bertz CT molecular complexity index is 1200. The summed E-state index contributed by atoms with van der Waals surface area (Å²) in [6, 6.07) is 3.95. The molecule has 1 aromatic heterocycles. The van der Waals surface area contributed by atoms with Crippen molar-refractivity contribution in [2.75, 3.05) is 43.9 Å². The Morgan fingerprint density at radius 1 is 1.19 bits per heavy atom. The number of carbonyl (C=O) groups is 2. The van der Waals surface area contributed by atoms with E-state index in [2.05, 4.69) is 31.5 Å². The molecular weight excluding hydrogens is 542 g/mol. The molecule has 0 unspecified atom stereocenters. The highest BCUT2D eigenvalue weighted by atomic mass is 79.9. The Balaban J connectivity index is 1.60. The first-order valence-electron chi connectivity index (χ1n) is 11.4. The monoisotopic (exact) mass is 566 g/mol. The van der Waals surface area contributed by atoms with Gasteiger partial charge in [-0.05, 0) is 25.0 Å². The summed E-state index contributed by atoms with van der Waals surface area (Å²) in [6.45, 7) is -0.142. The van der Waals surface area contributed by atoms with E-state index in [0.717, 1.165) is 4.90 Å². The predicted molar refractivity (Wildman–Crippen MR) is 133 cm³/mol. The first-order chi connectivity index (χ1) is 17.1. The lowest BCUT2D eigenvalue weighted by molar-refractivity contribution is -0.384. The van der Waals surface area contributed by atoms with Crippen LogP contribution in [0.1, 0.15) is 40.0 Å². The summed E-state index contributed by atoms with van der Waals surface area (Å²) in [5, 5.41) is 17.9. The highest BCUT2D eigenvalue weighted by Crippen LogP contribution is 2.36. The number of amides is 2. The van der Waals surface area contributed by atoms with Crippen LogP contribution in [0.5, 0.6) is 0 Å². The Kier molecular flexibility index (Phi) is 7.38. The number of pyridine rings is 1. The van der Waals surface area contributed by atoms with Gasteiger partial charge in [-0.2, -0.15) is 0 Å². The minimum absolute atomic E-state index is 0.0402. The number of nitro benzene ring substituents is 1. The van der Waals surface area contributed by atoms with Crippen LogP contribution in [0.2, 0.25) is 0 Å². The number of halogens is 3. The van der Waals surface area contributed by atoms with E-state index < -0.39 is 35.8 Å². The van der Waals surface area contributed by atoms with E-state index in [9.17, 15) is 28.5 Å². The van der Waals surface area contributed by atoms with Crippen LogP contribution >= 0.6 is 15.9 Å². The number of rotatable bonds is 6. The number of alkyl halides is 2. The van der Waals surface area contributed by atoms with Gasteiger partial charge in [-0.1, -0.05) is 15.9 Å². The number of likely N-dealkylation sites (tertiary alicyclic amines) is 2. The standard InChI is InChI=1S/C23H25BrF2N6O4/c1-27-17-7-14(10-28-11-17)21(33)30-5-2-3-16(12-30)29-20-18(8-15(24)9-19(20)32(35)36)22(34)31-6-4-23(25,26)13-31/h7-11,16,27,29H,2-6,12-13H2,1H3/t16-/m1/s1. The molecule has 2 saturated heterocycles. The lowest BCUT2D eigenvalue weighted by Crippen LogP contribution is -2.45. The van der Waals surface area contributed by atoms with Crippen LogP contribution in [0.4, 0.5) is 25.8 Å². The number of nitrogens with zero attached hydrogens (tertiary/aromatic N) is 4. The van der Waals surface area contributed by atoms with Crippen molar-refractivity contribution in [3.63, 3.8) is 0 Å². The third kappa shape index (κ3) is 5.55. The minimum Gasteiger partial charge on any atom is -0.387 e. The van der Waals surface area contributed by atoms with E-state index in [4.69, 9.17) is 0 Å². The van der Waals surface area contributed by atoms with Crippen molar-refractivity contribution >= 4 is 44.8 Å². The molecule has 3 heterocycles. The normalized spacial score (nSPS) is 19.2. The first kappa shape index (κ1) is 25.7. The average molecular weight is 567 g/mol. The number of benzene rings is 1. The topological polar surface area (TPSA) is 121 Å².